The molecule has 0 saturated heterocycles. The van der Waals surface area contributed by atoms with Crippen LogP contribution in [0.4, 0.5) is 0 Å². The van der Waals surface area contributed by atoms with Crippen molar-refractivity contribution in [2.24, 2.45) is 0 Å². The molecule has 7 heteroatoms. The van der Waals surface area contributed by atoms with Crippen LogP contribution in [0, 0.1) is 0 Å². The Bertz CT molecular complexity index is 1010. The Morgan fingerprint density at radius 1 is 1.04 bits per heavy atom. The van der Waals surface area contributed by atoms with E-state index in [1.807, 2.05) is 37.3 Å². The number of benzene rings is 2. The summed E-state index contributed by atoms with van der Waals surface area (Å²) in [4.78, 5) is 14.5. The van der Waals surface area contributed by atoms with Gasteiger partial charge in [0.1, 0.15) is 5.76 Å². The van der Waals surface area contributed by atoms with Crippen LogP contribution in [0.3, 0.4) is 0 Å². The van der Waals surface area contributed by atoms with Crippen LogP contribution in [0.2, 0.25) is 0 Å². The molecule has 0 aliphatic carbocycles. The molecule has 1 aromatic heterocycles. The van der Waals surface area contributed by atoms with Crippen LogP contribution < -0.4 is 4.72 Å². The molecule has 1 unspecified atom stereocenters. The number of furan rings is 1. The molecule has 0 aliphatic rings. The van der Waals surface area contributed by atoms with Gasteiger partial charge in [0.2, 0.25) is 10.0 Å². The summed E-state index contributed by atoms with van der Waals surface area (Å²) in [7, 11) is -1.96. The molecule has 0 spiro atoms. The van der Waals surface area contributed by atoms with Gasteiger partial charge >= 0.3 is 0 Å². The van der Waals surface area contributed by atoms with E-state index < -0.39 is 10.0 Å². The summed E-state index contributed by atoms with van der Waals surface area (Å²) in [6.07, 6.45) is 1.48. The van der Waals surface area contributed by atoms with Gasteiger partial charge in [-0.3, -0.25) is 4.79 Å². The number of hydrogen-bond acceptors (Lipinski definition) is 4. The van der Waals surface area contributed by atoms with Crippen LogP contribution in [0.15, 0.2) is 82.3 Å². The van der Waals surface area contributed by atoms with Crippen LogP contribution in [-0.2, 0) is 16.6 Å². The lowest BCUT2D eigenvalue weighted by Crippen LogP contribution is -2.29. The predicted octanol–water partition coefficient (Wildman–Crippen LogP) is 3.59. The smallest absolute Gasteiger partial charge is 0.254 e. The molecule has 0 fully saturated rings. The van der Waals surface area contributed by atoms with Crippen molar-refractivity contribution in [3.05, 3.63) is 89.9 Å². The van der Waals surface area contributed by atoms with E-state index in [0.29, 0.717) is 11.3 Å². The Kier molecular flexibility index (Phi) is 5.96. The Balaban J connectivity index is 1.70. The summed E-state index contributed by atoms with van der Waals surface area (Å²) in [5.74, 6) is 0.343. The number of amides is 1. The minimum absolute atomic E-state index is 0.0628. The van der Waals surface area contributed by atoms with E-state index in [4.69, 9.17) is 4.42 Å². The molecular weight excluding hydrogens is 376 g/mol. The van der Waals surface area contributed by atoms with Gasteiger partial charge in [0.25, 0.3) is 5.91 Å². The minimum atomic E-state index is -3.69. The van der Waals surface area contributed by atoms with E-state index in [0.717, 1.165) is 5.56 Å². The number of nitrogens with one attached hydrogen (secondary N) is 1. The first kappa shape index (κ1) is 19.9. The van der Waals surface area contributed by atoms with E-state index in [2.05, 4.69) is 4.72 Å². The van der Waals surface area contributed by atoms with Gasteiger partial charge in [0, 0.05) is 12.6 Å². The highest BCUT2D eigenvalue weighted by Crippen LogP contribution is 2.21. The van der Waals surface area contributed by atoms with E-state index in [9.17, 15) is 13.2 Å². The molecule has 146 valence electrons. The lowest BCUT2D eigenvalue weighted by Gasteiger charge is -2.25. The van der Waals surface area contributed by atoms with Gasteiger partial charge in [-0.25, -0.2) is 13.1 Å². The number of nitrogens with zero attached hydrogens (tertiary/aromatic N) is 1. The zero-order valence-electron chi connectivity index (χ0n) is 15.7. The fraction of sp³-hybridized carbons (Fsp3) is 0.190. The van der Waals surface area contributed by atoms with Crippen molar-refractivity contribution in [1.82, 2.24) is 9.62 Å². The Labute approximate surface area is 164 Å². The highest BCUT2D eigenvalue weighted by atomic mass is 32.2. The zero-order valence-corrected chi connectivity index (χ0v) is 16.5. The third kappa shape index (κ3) is 4.49. The molecule has 3 aromatic rings. The summed E-state index contributed by atoms with van der Waals surface area (Å²) in [6.45, 7) is 2.01. The summed E-state index contributed by atoms with van der Waals surface area (Å²) in [5.41, 5.74) is 1.45. The maximum atomic E-state index is 12.8. The highest BCUT2D eigenvalue weighted by molar-refractivity contribution is 7.89. The van der Waals surface area contributed by atoms with E-state index >= 15 is 0 Å². The van der Waals surface area contributed by atoms with Crippen molar-refractivity contribution < 1.29 is 17.6 Å². The summed E-state index contributed by atoms with van der Waals surface area (Å²) >= 11 is 0. The first-order valence-corrected chi connectivity index (χ1v) is 10.3. The predicted molar refractivity (Wildman–Crippen MR) is 106 cm³/mol. The molecule has 0 bridgehead atoms. The SMILES string of the molecule is CC(c1ccccc1)N(C)C(=O)c1ccc(S(=O)(=O)NCc2ccco2)cc1. The number of sulfonamides is 1. The fourth-order valence-electron chi connectivity index (χ4n) is 2.77. The van der Waals surface area contributed by atoms with Crippen molar-refractivity contribution >= 4 is 15.9 Å². The molecular formula is C21H22N2O4S. The Morgan fingerprint density at radius 2 is 1.71 bits per heavy atom. The average Bonchev–Trinajstić information content (AvgIpc) is 3.25. The molecule has 1 amide bonds. The minimum Gasteiger partial charge on any atom is -0.468 e. The molecule has 1 atom stereocenters. The largest absolute Gasteiger partial charge is 0.468 e. The average molecular weight is 398 g/mol. The third-order valence-corrected chi connectivity index (χ3v) is 6.03. The van der Waals surface area contributed by atoms with Gasteiger partial charge in [-0.2, -0.15) is 0 Å². The third-order valence-electron chi connectivity index (χ3n) is 4.61. The first-order valence-electron chi connectivity index (χ1n) is 8.83. The first-order chi connectivity index (χ1) is 13.4. The number of rotatable bonds is 7. The highest BCUT2D eigenvalue weighted by Gasteiger charge is 2.20. The maximum absolute atomic E-state index is 12.8. The van der Waals surface area contributed by atoms with Crippen molar-refractivity contribution in [3.8, 4) is 0 Å². The number of carbonyl (C=O) groups is 1. The summed E-state index contributed by atoms with van der Waals surface area (Å²) in [5, 5.41) is 0. The van der Waals surface area contributed by atoms with Crippen molar-refractivity contribution in [3.63, 3.8) is 0 Å². The summed E-state index contributed by atoms with van der Waals surface area (Å²) in [6, 6.07) is 18.9. The second kappa shape index (κ2) is 8.41. The molecule has 3 rings (SSSR count). The van der Waals surface area contributed by atoms with E-state index in [1.165, 1.54) is 30.5 Å². The molecule has 6 nitrogen and oxygen atoms in total. The number of hydrogen-bond donors (Lipinski definition) is 1. The Morgan fingerprint density at radius 3 is 2.32 bits per heavy atom. The van der Waals surface area contributed by atoms with Crippen molar-refractivity contribution in [2.45, 2.75) is 24.4 Å². The second-order valence-corrected chi connectivity index (χ2v) is 8.20. The summed E-state index contributed by atoms with van der Waals surface area (Å²) < 4.78 is 32.4. The van der Waals surface area contributed by atoms with Crippen LogP contribution in [0.25, 0.3) is 0 Å². The molecule has 0 radical (unpaired) electrons. The van der Waals surface area contributed by atoms with Crippen molar-refractivity contribution in [1.29, 1.82) is 0 Å². The number of carbonyl (C=O) groups excluding carboxylic acids is 1. The van der Waals surface area contributed by atoms with E-state index in [-0.39, 0.29) is 23.4 Å². The van der Waals surface area contributed by atoms with Crippen LogP contribution in [-0.4, -0.2) is 26.3 Å². The second-order valence-electron chi connectivity index (χ2n) is 6.43. The van der Waals surface area contributed by atoms with Gasteiger partial charge < -0.3 is 9.32 Å². The fourth-order valence-corrected chi connectivity index (χ4v) is 3.77. The van der Waals surface area contributed by atoms with Crippen LogP contribution in [0.5, 0.6) is 0 Å². The molecule has 0 saturated carbocycles. The van der Waals surface area contributed by atoms with Gasteiger partial charge in [0.15, 0.2) is 0 Å². The van der Waals surface area contributed by atoms with Crippen molar-refractivity contribution in [2.75, 3.05) is 7.05 Å². The quantitative estimate of drug-likeness (QED) is 0.660. The van der Waals surface area contributed by atoms with Gasteiger partial charge in [-0.05, 0) is 48.9 Å². The molecule has 1 heterocycles. The Hall–Kier alpha value is -2.90. The lowest BCUT2D eigenvalue weighted by molar-refractivity contribution is 0.0742. The molecule has 2 aromatic carbocycles. The molecule has 28 heavy (non-hydrogen) atoms. The normalized spacial score (nSPS) is 12.5. The monoisotopic (exact) mass is 398 g/mol. The molecule has 0 aliphatic heterocycles. The lowest BCUT2D eigenvalue weighted by atomic mass is 10.1. The van der Waals surface area contributed by atoms with Crippen LogP contribution in [0.1, 0.15) is 34.6 Å². The zero-order chi connectivity index (χ0) is 20.1. The van der Waals surface area contributed by atoms with Gasteiger partial charge in [-0.1, -0.05) is 30.3 Å². The van der Waals surface area contributed by atoms with Gasteiger partial charge in [0.05, 0.1) is 23.7 Å². The van der Waals surface area contributed by atoms with E-state index in [1.54, 1.807) is 24.1 Å². The maximum Gasteiger partial charge on any atom is 0.254 e. The van der Waals surface area contributed by atoms with Crippen LogP contribution >= 0.6 is 0 Å². The van der Waals surface area contributed by atoms with Gasteiger partial charge in [-0.15, -0.1) is 0 Å². The molecule has 1 N–H and O–H groups in total. The standard InChI is InChI=1S/C21H22N2O4S/c1-16(17-7-4-3-5-8-17)23(2)21(24)18-10-12-20(13-11-18)28(25,26)22-15-19-9-6-14-27-19/h3-14,16,22H,15H2,1-2H3. The topological polar surface area (TPSA) is 79.6 Å².